The van der Waals surface area contributed by atoms with Crippen molar-refractivity contribution in [3.05, 3.63) is 83.1 Å². The molecule has 5 heteroatoms. The van der Waals surface area contributed by atoms with E-state index in [0.29, 0.717) is 11.6 Å². The molecule has 1 fully saturated rings. The third kappa shape index (κ3) is 3.51. The molecule has 4 nitrogen and oxygen atoms in total. The lowest BCUT2D eigenvalue weighted by molar-refractivity contribution is -0.120. The highest BCUT2D eigenvalue weighted by Gasteiger charge is 2.46. The summed E-state index contributed by atoms with van der Waals surface area (Å²) >= 11 is 6.02. The van der Waals surface area contributed by atoms with Gasteiger partial charge in [0.05, 0.1) is 12.7 Å². The number of carbonyl (C=O) groups is 1. The third-order valence-electron chi connectivity index (χ3n) is 4.85. The Morgan fingerprint density at radius 2 is 1.92 bits per heavy atom. The van der Waals surface area contributed by atoms with Crippen LogP contribution in [0, 0.1) is 5.92 Å². The maximum atomic E-state index is 13.3. The fourth-order valence-corrected chi connectivity index (χ4v) is 3.48. The van der Waals surface area contributed by atoms with E-state index < -0.39 is 0 Å². The lowest BCUT2D eigenvalue weighted by Crippen LogP contribution is -2.32. The van der Waals surface area contributed by atoms with Crippen LogP contribution in [0.2, 0.25) is 5.02 Å². The second-order valence-corrected chi connectivity index (χ2v) is 7.22. The van der Waals surface area contributed by atoms with Crippen molar-refractivity contribution in [2.45, 2.75) is 18.9 Å². The lowest BCUT2D eigenvalue weighted by atomic mass is 10.1. The van der Waals surface area contributed by atoms with E-state index in [1.165, 1.54) is 0 Å². The fourth-order valence-electron chi connectivity index (χ4n) is 3.35. The summed E-state index contributed by atoms with van der Waals surface area (Å²) in [6, 6.07) is 17.5. The SMILES string of the molecule is Cn1cc(C2CC2C(=O)N(Cc2ccccc2)c2ccc(Cl)cc2)cn1. The zero-order valence-corrected chi connectivity index (χ0v) is 15.3. The van der Waals surface area contributed by atoms with Gasteiger partial charge in [0.15, 0.2) is 0 Å². The number of anilines is 1. The molecule has 2 atom stereocenters. The zero-order chi connectivity index (χ0) is 18.1. The van der Waals surface area contributed by atoms with E-state index in [9.17, 15) is 4.79 Å². The van der Waals surface area contributed by atoms with Crippen LogP contribution in [0.15, 0.2) is 67.0 Å². The molecule has 1 aliphatic rings. The van der Waals surface area contributed by atoms with E-state index in [1.54, 1.807) is 4.68 Å². The number of amides is 1. The molecule has 0 bridgehead atoms. The van der Waals surface area contributed by atoms with Crippen molar-refractivity contribution in [1.82, 2.24) is 9.78 Å². The van der Waals surface area contributed by atoms with Crippen molar-refractivity contribution in [3.63, 3.8) is 0 Å². The summed E-state index contributed by atoms with van der Waals surface area (Å²) in [5.74, 6) is 0.436. The van der Waals surface area contributed by atoms with Crippen LogP contribution < -0.4 is 4.90 Å². The molecule has 0 spiro atoms. The first-order chi connectivity index (χ1) is 12.6. The topological polar surface area (TPSA) is 38.1 Å². The van der Waals surface area contributed by atoms with Gasteiger partial charge >= 0.3 is 0 Å². The molecule has 2 unspecified atom stereocenters. The Labute approximate surface area is 158 Å². The highest BCUT2D eigenvalue weighted by molar-refractivity contribution is 6.30. The molecule has 4 rings (SSSR count). The van der Waals surface area contributed by atoms with Crippen LogP contribution in [0.4, 0.5) is 5.69 Å². The van der Waals surface area contributed by atoms with E-state index in [-0.39, 0.29) is 17.7 Å². The normalized spacial score (nSPS) is 18.5. The van der Waals surface area contributed by atoms with Gasteiger partial charge in [0, 0.05) is 29.9 Å². The molecule has 1 heterocycles. The summed E-state index contributed by atoms with van der Waals surface area (Å²) in [7, 11) is 1.90. The van der Waals surface area contributed by atoms with E-state index in [2.05, 4.69) is 5.10 Å². The number of rotatable bonds is 5. The number of halogens is 1. The van der Waals surface area contributed by atoms with Crippen molar-refractivity contribution in [2.24, 2.45) is 13.0 Å². The van der Waals surface area contributed by atoms with Crippen LogP contribution in [0.5, 0.6) is 0 Å². The predicted molar refractivity (Wildman–Crippen MR) is 103 cm³/mol. The van der Waals surface area contributed by atoms with E-state index in [1.807, 2.05) is 78.9 Å². The molecule has 1 aromatic heterocycles. The number of nitrogens with zero attached hydrogens (tertiary/aromatic N) is 3. The lowest BCUT2D eigenvalue weighted by Gasteiger charge is -2.23. The van der Waals surface area contributed by atoms with Crippen molar-refractivity contribution in [1.29, 1.82) is 0 Å². The molecule has 3 aromatic rings. The van der Waals surface area contributed by atoms with Crippen molar-refractivity contribution in [3.8, 4) is 0 Å². The molecule has 26 heavy (non-hydrogen) atoms. The molecule has 0 N–H and O–H groups in total. The Morgan fingerprint density at radius 3 is 2.58 bits per heavy atom. The molecule has 1 saturated carbocycles. The highest BCUT2D eigenvalue weighted by atomic mass is 35.5. The van der Waals surface area contributed by atoms with Crippen LogP contribution in [0.1, 0.15) is 23.5 Å². The number of aromatic nitrogens is 2. The molecule has 0 aliphatic heterocycles. The largest absolute Gasteiger partial charge is 0.308 e. The van der Waals surface area contributed by atoms with Crippen LogP contribution in [0.25, 0.3) is 0 Å². The van der Waals surface area contributed by atoms with Gasteiger partial charge in [-0.3, -0.25) is 9.48 Å². The first-order valence-electron chi connectivity index (χ1n) is 8.71. The summed E-state index contributed by atoms with van der Waals surface area (Å²) in [4.78, 5) is 15.1. The molecular formula is C21H20ClN3O. The third-order valence-corrected chi connectivity index (χ3v) is 5.10. The number of benzene rings is 2. The standard InChI is InChI=1S/C21H20ClN3O/c1-24-14-16(12-23-24)19-11-20(19)21(26)25(13-15-5-3-2-4-6-15)18-9-7-17(22)8-10-18/h2-10,12,14,19-20H,11,13H2,1H3. The molecular weight excluding hydrogens is 346 g/mol. The smallest absolute Gasteiger partial charge is 0.231 e. The van der Waals surface area contributed by atoms with E-state index >= 15 is 0 Å². The summed E-state index contributed by atoms with van der Waals surface area (Å²) in [5.41, 5.74) is 3.12. The van der Waals surface area contributed by atoms with Gasteiger partial charge in [-0.2, -0.15) is 5.10 Å². The molecule has 132 valence electrons. The van der Waals surface area contributed by atoms with Gasteiger partial charge in [0.2, 0.25) is 5.91 Å². The predicted octanol–water partition coefficient (Wildman–Crippen LogP) is 4.41. The van der Waals surface area contributed by atoms with Crippen molar-refractivity contribution < 1.29 is 4.79 Å². The van der Waals surface area contributed by atoms with E-state index in [4.69, 9.17) is 11.6 Å². The van der Waals surface area contributed by atoms with Gasteiger partial charge in [-0.05, 0) is 47.7 Å². The van der Waals surface area contributed by atoms with Gasteiger partial charge in [-0.1, -0.05) is 41.9 Å². The van der Waals surface area contributed by atoms with Gasteiger partial charge < -0.3 is 4.90 Å². The zero-order valence-electron chi connectivity index (χ0n) is 14.5. The number of hydrogen-bond donors (Lipinski definition) is 0. The number of hydrogen-bond acceptors (Lipinski definition) is 2. The van der Waals surface area contributed by atoms with Gasteiger partial charge in [-0.15, -0.1) is 0 Å². The van der Waals surface area contributed by atoms with Gasteiger partial charge in [-0.25, -0.2) is 0 Å². The van der Waals surface area contributed by atoms with Crippen LogP contribution in [-0.4, -0.2) is 15.7 Å². The monoisotopic (exact) mass is 365 g/mol. The maximum Gasteiger partial charge on any atom is 0.231 e. The average molecular weight is 366 g/mol. The molecule has 2 aromatic carbocycles. The second-order valence-electron chi connectivity index (χ2n) is 6.78. The van der Waals surface area contributed by atoms with Crippen molar-refractivity contribution >= 4 is 23.2 Å². The first kappa shape index (κ1) is 16.9. The number of carbonyl (C=O) groups excluding carboxylic acids is 1. The average Bonchev–Trinajstić information content (AvgIpc) is 3.34. The maximum absolute atomic E-state index is 13.3. The highest BCUT2D eigenvalue weighted by Crippen LogP contribution is 2.49. The second kappa shape index (κ2) is 6.96. The molecule has 1 aliphatic carbocycles. The van der Waals surface area contributed by atoms with Gasteiger partial charge in [0.1, 0.15) is 0 Å². The van der Waals surface area contributed by atoms with Crippen molar-refractivity contribution in [2.75, 3.05) is 4.90 Å². The summed E-state index contributed by atoms with van der Waals surface area (Å²) in [5, 5.41) is 4.90. The minimum Gasteiger partial charge on any atom is -0.308 e. The van der Waals surface area contributed by atoms with Crippen LogP contribution in [-0.2, 0) is 18.4 Å². The van der Waals surface area contributed by atoms with Crippen LogP contribution in [0.3, 0.4) is 0 Å². The summed E-state index contributed by atoms with van der Waals surface area (Å²) < 4.78 is 1.79. The van der Waals surface area contributed by atoms with Crippen LogP contribution >= 0.6 is 11.6 Å². The van der Waals surface area contributed by atoms with Gasteiger partial charge in [0.25, 0.3) is 0 Å². The Kier molecular flexibility index (Phi) is 4.51. The Hall–Kier alpha value is -2.59. The quantitative estimate of drug-likeness (QED) is 0.671. The molecule has 0 radical (unpaired) electrons. The fraction of sp³-hybridized carbons (Fsp3) is 0.238. The minimum absolute atomic E-state index is 0.0126. The summed E-state index contributed by atoms with van der Waals surface area (Å²) in [6.45, 7) is 0.553. The number of aryl methyl sites for hydroxylation is 1. The Morgan fingerprint density at radius 1 is 1.19 bits per heavy atom. The van der Waals surface area contributed by atoms with E-state index in [0.717, 1.165) is 23.2 Å². The first-order valence-corrected chi connectivity index (χ1v) is 9.09. The molecule has 1 amide bonds. The minimum atomic E-state index is 0.0126. The summed E-state index contributed by atoms with van der Waals surface area (Å²) in [6.07, 6.45) is 4.74. The Balaban J connectivity index is 1.58. The Bertz CT molecular complexity index is 905. The molecule has 0 saturated heterocycles.